The van der Waals surface area contributed by atoms with Crippen LogP contribution < -0.4 is 15.7 Å². The molecular weight excluding hydrogens is 450 g/mol. The SMILES string of the molecule is [B]Cc1c([B])cc([B])cc1C(=O)Oc1ccc(C(=O)OC(CS(=O)(=O)O)C(F)(F)F)cc1. The van der Waals surface area contributed by atoms with Crippen molar-refractivity contribution in [2.75, 3.05) is 5.75 Å². The summed E-state index contributed by atoms with van der Waals surface area (Å²) in [5.74, 6) is -4.32. The van der Waals surface area contributed by atoms with Crippen LogP contribution in [-0.2, 0) is 21.2 Å². The Kier molecular flexibility index (Phi) is 7.84. The highest BCUT2D eigenvalue weighted by Gasteiger charge is 2.45. The molecule has 32 heavy (non-hydrogen) atoms. The van der Waals surface area contributed by atoms with Crippen molar-refractivity contribution in [3.05, 3.63) is 53.1 Å². The third-order valence-electron chi connectivity index (χ3n) is 4.01. The van der Waals surface area contributed by atoms with E-state index in [9.17, 15) is 31.2 Å². The van der Waals surface area contributed by atoms with E-state index in [2.05, 4.69) is 4.74 Å². The molecule has 2 aromatic rings. The van der Waals surface area contributed by atoms with Crippen molar-refractivity contribution in [3.8, 4) is 5.75 Å². The topological polar surface area (TPSA) is 107 Å². The van der Waals surface area contributed by atoms with E-state index >= 15 is 0 Å². The summed E-state index contributed by atoms with van der Waals surface area (Å²) in [6, 6.07) is 6.89. The number of rotatable bonds is 7. The molecule has 0 fully saturated rings. The van der Waals surface area contributed by atoms with Gasteiger partial charge in [-0.2, -0.15) is 21.6 Å². The van der Waals surface area contributed by atoms with Crippen molar-refractivity contribution < 1.29 is 45.2 Å². The van der Waals surface area contributed by atoms with E-state index in [0.717, 1.165) is 24.3 Å². The summed E-state index contributed by atoms with van der Waals surface area (Å²) in [5.41, 5.74) is 0.272. The maximum Gasteiger partial charge on any atom is 0.426 e. The first-order valence-electron chi connectivity index (χ1n) is 8.64. The van der Waals surface area contributed by atoms with E-state index in [-0.39, 0.29) is 28.6 Å². The second-order valence-corrected chi connectivity index (χ2v) is 7.94. The highest BCUT2D eigenvalue weighted by molar-refractivity contribution is 7.85. The molecule has 162 valence electrons. The van der Waals surface area contributed by atoms with Crippen molar-refractivity contribution >= 4 is 56.5 Å². The third-order valence-corrected chi connectivity index (χ3v) is 4.73. The minimum atomic E-state index is -5.24. The zero-order valence-electron chi connectivity index (χ0n) is 16.1. The van der Waals surface area contributed by atoms with Gasteiger partial charge in [0.15, 0.2) is 0 Å². The number of ether oxygens (including phenoxy) is 2. The van der Waals surface area contributed by atoms with Crippen molar-refractivity contribution in [2.24, 2.45) is 0 Å². The van der Waals surface area contributed by atoms with Crippen molar-refractivity contribution in [3.63, 3.8) is 0 Å². The normalized spacial score (nSPS) is 12.8. The first-order valence-corrected chi connectivity index (χ1v) is 10.2. The third kappa shape index (κ3) is 6.89. The zero-order chi connectivity index (χ0) is 24.3. The van der Waals surface area contributed by atoms with Gasteiger partial charge in [0.1, 0.15) is 27.2 Å². The molecule has 6 radical (unpaired) electrons. The fourth-order valence-corrected chi connectivity index (χ4v) is 3.17. The van der Waals surface area contributed by atoms with Crippen molar-refractivity contribution in [2.45, 2.75) is 18.6 Å². The van der Waals surface area contributed by atoms with Gasteiger partial charge in [0.25, 0.3) is 10.1 Å². The molecule has 0 saturated carbocycles. The standard InChI is InChI=1S/C18H12B3F3O7S/c19-7-13-12(5-10(20)6-14(13)21)17(26)30-11-3-1-9(2-4-11)16(25)31-15(18(22,23)24)8-32(27,28)29/h1-6,15H,7-8H2,(H,27,28,29). The van der Waals surface area contributed by atoms with Gasteiger partial charge in [-0.3, -0.25) is 4.55 Å². The first kappa shape index (κ1) is 25.5. The maximum atomic E-state index is 12.9. The molecule has 0 aliphatic carbocycles. The fraction of sp³-hybridized carbons (Fsp3) is 0.222. The number of halogens is 3. The maximum absolute atomic E-state index is 12.9. The van der Waals surface area contributed by atoms with Crippen LogP contribution in [0.2, 0.25) is 0 Å². The quantitative estimate of drug-likeness (QED) is 0.270. The van der Waals surface area contributed by atoms with Gasteiger partial charge in [0, 0.05) is 0 Å². The number of hydrogen-bond acceptors (Lipinski definition) is 6. The van der Waals surface area contributed by atoms with E-state index in [1.54, 1.807) is 0 Å². The summed E-state index contributed by atoms with van der Waals surface area (Å²) < 4.78 is 78.1. The predicted octanol–water partition coefficient (Wildman–Crippen LogP) is 0.137. The minimum absolute atomic E-state index is 0.00622. The Morgan fingerprint density at radius 3 is 2.16 bits per heavy atom. The van der Waals surface area contributed by atoms with Crippen molar-refractivity contribution in [1.82, 2.24) is 0 Å². The molecule has 0 aliphatic heterocycles. The number of hydrogen-bond donors (Lipinski definition) is 1. The Balaban J connectivity index is 2.16. The molecule has 0 aromatic heterocycles. The molecule has 2 rings (SSSR count). The van der Waals surface area contributed by atoms with Gasteiger partial charge in [-0.05, 0) is 29.8 Å². The number of alkyl halides is 3. The van der Waals surface area contributed by atoms with E-state index in [4.69, 9.17) is 32.8 Å². The van der Waals surface area contributed by atoms with Crippen LogP contribution in [0.4, 0.5) is 13.2 Å². The summed E-state index contributed by atoms with van der Waals surface area (Å²) in [6.45, 7) is 0. The van der Waals surface area contributed by atoms with Gasteiger partial charge >= 0.3 is 18.1 Å². The minimum Gasteiger partial charge on any atom is -0.448 e. The highest BCUT2D eigenvalue weighted by Crippen LogP contribution is 2.25. The molecular formula is C18H12B3F3O7S. The first-order chi connectivity index (χ1) is 14.7. The largest absolute Gasteiger partial charge is 0.448 e. The van der Waals surface area contributed by atoms with Gasteiger partial charge in [0.05, 0.1) is 19.0 Å². The van der Waals surface area contributed by atoms with Gasteiger partial charge in [-0.1, -0.05) is 29.4 Å². The van der Waals surface area contributed by atoms with Crippen LogP contribution in [0.5, 0.6) is 5.75 Å². The monoisotopic (exact) mass is 462 g/mol. The van der Waals surface area contributed by atoms with Crippen LogP contribution in [0.25, 0.3) is 0 Å². The van der Waals surface area contributed by atoms with E-state index in [0.29, 0.717) is 5.56 Å². The second kappa shape index (κ2) is 9.82. The number of esters is 2. The summed E-state index contributed by atoms with van der Waals surface area (Å²) in [6.07, 6.45) is -8.39. The average Bonchev–Trinajstić information content (AvgIpc) is 2.65. The Bertz CT molecular complexity index is 1120. The lowest BCUT2D eigenvalue weighted by molar-refractivity contribution is -0.197. The van der Waals surface area contributed by atoms with Crippen LogP contribution in [0.3, 0.4) is 0 Å². The van der Waals surface area contributed by atoms with Crippen LogP contribution in [-0.4, -0.2) is 66.5 Å². The fourth-order valence-electron chi connectivity index (χ4n) is 2.53. The molecule has 7 nitrogen and oxygen atoms in total. The number of carbonyl (C=O) groups is 2. The molecule has 0 spiro atoms. The van der Waals surface area contributed by atoms with Crippen molar-refractivity contribution in [1.29, 1.82) is 0 Å². The average molecular weight is 462 g/mol. The summed E-state index contributed by atoms with van der Waals surface area (Å²) in [7, 11) is 11.9. The molecule has 1 N–H and O–H groups in total. The van der Waals surface area contributed by atoms with Crippen LogP contribution >= 0.6 is 0 Å². The second-order valence-electron chi connectivity index (χ2n) is 6.44. The summed E-state index contributed by atoms with van der Waals surface area (Å²) in [5, 5.41) is 0. The van der Waals surface area contributed by atoms with Gasteiger partial charge in [-0.15, -0.1) is 0 Å². The zero-order valence-corrected chi connectivity index (χ0v) is 16.9. The number of benzene rings is 2. The summed E-state index contributed by atoms with van der Waals surface area (Å²) >= 11 is 0. The molecule has 0 bridgehead atoms. The summed E-state index contributed by atoms with van der Waals surface area (Å²) in [4.78, 5) is 24.4. The highest BCUT2D eigenvalue weighted by atomic mass is 32.2. The lowest BCUT2D eigenvalue weighted by Gasteiger charge is -2.19. The van der Waals surface area contributed by atoms with Crippen LogP contribution in [0.15, 0.2) is 36.4 Å². The molecule has 1 unspecified atom stereocenters. The molecule has 0 heterocycles. The molecule has 0 aliphatic rings. The number of carbonyl (C=O) groups excluding carboxylic acids is 2. The Hall–Kier alpha value is -2.73. The van der Waals surface area contributed by atoms with Crippen LogP contribution in [0, 0.1) is 0 Å². The smallest absolute Gasteiger partial charge is 0.426 e. The Labute approximate surface area is 185 Å². The van der Waals surface area contributed by atoms with E-state index in [1.807, 2.05) is 0 Å². The molecule has 0 saturated heterocycles. The van der Waals surface area contributed by atoms with E-state index < -0.39 is 45.7 Å². The van der Waals surface area contributed by atoms with Gasteiger partial charge < -0.3 is 9.47 Å². The van der Waals surface area contributed by atoms with Crippen LogP contribution in [0.1, 0.15) is 26.3 Å². The molecule has 2 aromatic carbocycles. The molecule has 0 amide bonds. The molecule has 1 atom stereocenters. The Morgan fingerprint density at radius 1 is 1.06 bits per heavy atom. The molecule has 14 heteroatoms. The predicted molar refractivity (Wildman–Crippen MR) is 110 cm³/mol. The Morgan fingerprint density at radius 2 is 1.66 bits per heavy atom. The lowest BCUT2D eigenvalue weighted by Crippen LogP contribution is -2.39. The van der Waals surface area contributed by atoms with Gasteiger partial charge in [0.2, 0.25) is 6.10 Å². The lowest BCUT2D eigenvalue weighted by atomic mass is 9.77. The van der Waals surface area contributed by atoms with E-state index in [1.165, 1.54) is 12.1 Å². The van der Waals surface area contributed by atoms with Gasteiger partial charge in [-0.25, -0.2) is 9.59 Å².